The highest BCUT2D eigenvalue weighted by atomic mass is 127. The van der Waals surface area contributed by atoms with E-state index in [9.17, 15) is 4.79 Å². The topological polar surface area (TPSA) is 46.5 Å². The normalized spacial score (nSPS) is 10.4. The lowest BCUT2D eigenvalue weighted by molar-refractivity contribution is -0.131. The fourth-order valence-electron chi connectivity index (χ4n) is 0.948. The molecule has 0 radical (unpaired) electrons. The van der Waals surface area contributed by atoms with Crippen molar-refractivity contribution in [2.75, 3.05) is 7.11 Å². The van der Waals surface area contributed by atoms with E-state index in [4.69, 9.17) is 9.84 Å². The summed E-state index contributed by atoms with van der Waals surface area (Å²) in [5, 5.41) is 8.44. The Hall–Kier alpha value is -1.04. The van der Waals surface area contributed by atoms with Crippen molar-refractivity contribution in [1.82, 2.24) is 0 Å². The van der Waals surface area contributed by atoms with Crippen molar-refractivity contribution < 1.29 is 14.6 Å². The van der Waals surface area contributed by atoms with E-state index in [-0.39, 0.29) is 0 Å². The Bertz CT molecular complexity index is 372. The highest BCUT2D eigenvalue weighted by Crippen LogP contribution is 2.22. The Balaban J connectivity index is 2.95. The second kappa shape index (κ2) is 4.99. The van der Waals surface area contributed by atoms with Gasteiger partial charge in [0, 0.05) is 6.08 Å². The van der Waals surface area contributed by atoms with E-state index in [1.807, 2.05) is 12.1 Å². The summed E-state index contributed by atoms with van der Waals surface area (Å²) in [5.74, 6) is -0.208. The fraction of sp³-hybridized carbons (Fsp3) is 0.100. The van der Waals surface area contributed by atoms with E-state index >= 15 is 0 Å². The zero-order chi connectivity index (χ0) is 10.6. The minimum Gasteiger partial charge on any atom is -0.496 e. The van der Waals surface area contributed by atoms with Crippen molar-refractivity contribution in [2.24, 2.45) is 0 Å². The highest BCUT2D eigenvalue weighted by molar-refractivity contribution is 14.1. The molecule has 0 unspecified atom stereocenters. The molecule has 0 atom stereocenters. The number of hydrogen-bond donors (Lipinski definition) is 1. The summed E-state index contributed by atoms with van der Waals surface area (Å²) >= 11 is 2.15. The first kappa shape index (κ1) is 11.0. The molecule has 0 aliphatic heterocycles. The Morgan fingerprint density at radius 1 is 1.57 bits per heavy atom. The Morgan fingerprint density at radius 3 is 2.86 bits per heavy atom. The summed E-state index contributed by atoms with van der Waals surface area (Å²) in [6.45, 7) is 0. The van der Waals surface area contributed by atoms with Gasteiger partial charge < -0.3 is 9.84 Å². The largest absolute Gasteiger partial charge is 0.496 e. The third-order valence-electron chi connectivity index (χ3n) is 1.59. The zero-order valence-electron chi connectivity index (χ0n) is 7.53. The molecule has 0 spiro atoms. The Kier molecular flexibility index (Phi) is 3.94. The summed E-state index contributed by atoms with van der Waals surface area (Å²) in [5.41, 5.74) is 0.810. The van der Waals surface area contributed by atoms with Gasteiger partial charge in [-0.1, -0.05) is 6.07 Å². The van der Waals surface area contributed by atoms with Gasteiger partial charge in [-0.15, -0.1) is 0 Å². The van der Waals surface area contributed by atoms with Crippen LogP contribution in [0.2, 0.25) is 0 Å². The zero-order valence-corrected chi connectivity index (χ0v) is 9.69. The molecule has 1 rings (SSSR count). The molecular formula is C10H9IO3. The Labute approximate surface area is 95.5 Å². The predicted molar refractivity (Wildman–Crippen MR) is 62.4 cm³/mol. The van der Waals surface area contributed by atoms with E-state index in [0.717, 1.165) is 21.0 Å². The molecule has 4 heteroatoms. The number of ether oxygens (including phenoxy) is 1. The van der Waals surface area contributed by atoms with Gasteiger partial charge in [-0.05, 0) is 46.4 Å². The van der Waals surface area contributed by atoms with Crippen LogP contribution in [0.5, 0.6) is 5.75 Å². The maximum Gasteiger partial charge on any atom is 0.328 e. The SMILES string of the molecule is COc1cc(/C=C/C(=O)O)ccc1I. The number of methoxy groups -OCH3 is 1. The number of carboxylic acid groups (broad SMARTS) is 1. The summed E-state index contributed by atoms with van der Waals surface area (Å²) in [4.78, 5) is 10.3. The molecule has 0 aliphatic rings. The molecule has 0 aromatic heterocycles. The van der Waals surface area contributed by atoms with Crippen LogP contribution in [0.3, 0.4) is 0 Å². The number of benzene rings is 1. The van der Waals surface area contributed by atoms with Crippen LogP contribution >= 0.6 is 22.6 Å². The van der Waals surface area contributed by atoms with Gasteiger partial charge in [-0.3, -0.25) is 0 Å². The first-order chi connectivity index (χ1) is 6.63. The van der Waals surface area contributed by atoms with Crippen LogP contribution in [-0.4, -0.2) is 18.2 Å². The van der Waals surface area contributed by atoms with Gasteiger partial charge in [0.1, 0.15) is 5.75 Å². The van der Waals surface area contributed by atoms with Gasteiger partial charge in [0.25, 0.3) is 0 Å². The molecule has 3 nitrogen and oxygen atoms in total. The molecule has 0 saturated heterocycles. The lowest BCUT2D eigenvalue weighted by Crippen LogP contribution is -1.88. The maximum absolute atomic E-state index is 10.3. The van der Waals surface area contributed by atoms with Crippen LogP contribution in [0, 0.1) is 3.57 Å². The van der Waals surface area contributed by atoms with Crippen molar-refractivity contribution in [2.45, 2.75) is 0 Å². The number of aliphatic carboxylic acids is 1. The van der Waals surface area contributed by atoms with Gasteiger partial charge >= 0.3 is 5.97 Å². The minimum atomic E-state index is -0.956. The van der Waals surface area contributed by atoms with Crippen LogP contribution in [0.15, 0.2) is 24.3 Å². The van der Waals surface area contributed by atoms with Crippen molar-refractivity contribution in [3.05, 3.63) is 33.4 Å². The average molecular weight is 304 g/mol. The molecule has 0 heterocycles. The lowest BCUT2D eigenvalue weighted by Gasteiger charge is -2.03. The first-order valence-corrected chi connectivity index (χ1v) is 4.96. The Morgan fingerprint density at radius 2 is 2.29 bits per heavy atom. The standard InChI is InChI=1S/C10H9IO3/c1-14-9-6-7(2-4-8(9)11)3-5-10(12)13/h2-6H,1H3,(H,12,13)/b5-3+. The van der Waals surface area contributed by atoms with Crippen LogP contribution in [-0.2, 0) is 4.79 Å². The summed E-state index contributed by atoms with van der Waals surface area (Å²) in [6, 6.07) is 5.51. The summed E-state index contributed by atoms with van der Waals surface area (Å²) < 4.78 is 6.10. The average Bonchev–Trinajstić information content (AvgIpc) is 2.16. The molecule has 1 aromatic rings. The maximum atomic E-state index is 10.3. The molecule has 74 valence electrons. The molecule has 0 saturated carbocycles. The van der Waals surface area contributed by atoms with E-state index in [2.05, 4.69) is 22.6 Å². The molecule has 1 aromatic carbocycles. The van der Waals surface area contributed by atoms with Crippen LogP contribution in [0.25, 0.3) is 6.08 Å². The monoisotopic (exact) mass is 304 g/mol. The van der Waals surface area contributed by atoms with Gasteiger partial charge in [-0.2, -0.15) is 0 Å². The van der Waals surface area contributed by atoms with Gasteiger partial charge in [0.15, 0.2) is 0 Å². The molecule has 0 amide bonds. The number of carbonyl (C=O) groups is 1. The lowest BCUT2D eigenvalue weighted by atomic mass is 10.2. The van der Waals surface area contributed by atoms with Crippen molar-refractivity contribution in [3.8, 4) is 5.75 Å². The molecular weight excluding hydrogens is 295 g/mol. The van der Waals surface area contributed by atoms with Crippen molar-refractivity contribution in [3.63, 3.8) is 0 Å². The van der Waals surface area contributed by atoms with Crippen molar-refractivity contribution in [1.29, 1.82) is 0 Å². The van der Waals surface area contributed by atoms with Crippen LogP contribution in [0.1, 0.15) is 5.56 Å². The second-order valence-electron chi connectivity index (χ2n) is 2.57. The molecule has 0 fully saturated rings. The van der Waals surface area contributed by atoms with Gasteiger partial charge in [0.05, 0.1) is 10.7 Å². The van der Waals surface area contributed by atoms with Crippen molar-refractivity contribution >= 4 is 34.6 Å². The molecule has 14 heavy (non-hydrogen) atoms. The number of hydrogen-bond acceptors (Lipinski definition) is 2. The predicted octanol–water partition coefficient (Wildman–Crippen LogP) is 2.40. The van der Waals surface area contributed by atoms with E-state index in [0.29, 0.717) is 0 Å². The smallest absolute Gasteiger partial charge is 0.328 e. The molecule has 0 aliphatic carbocycles. The van der Waals surface area contributed by atoms with E-state index < -0.39 is 5.97 Å². The highest BCUT2D eigenvalue weighted by Gasteiger charge is 1.99. The van der Waals surface area contributed by atoms with Gasteiger partial charge in [0.2, 0.25) is 0 Å². The fourth-order valence-corrected chi connectivity index (χ4v) is 1.50. The van der Waals surface area contributed by atoms with Crippen LogP contribution < -0.4 is 4.74 Å². The molecule has 0 bridgehead atoms. The quantitative estimate of drug-likeness (QED) is 0.689. The van der Waals surface area contributed by atoms with E-state index in [1.165, 1.54) is 6.08 Å². The van der Waals surface area contributed by atoms with E-state index in [1.54, 1.807) is 13.2 Å². The number of carboxylic acids is 1. The number of halogens is 1. The minimum absolute atomic E-state index is 0.748. The second-order valence-corrected chi connectivity index (χ2v) is 3.73. The third kappa shape index (κ3) is 3.02. The van der Waals surface area contributed by atoms with Crippen LogP contribution in [0.4, 0.5) is 0 Å². The first-order valence-electron chi connectivity index (χ1n) is 3.88. The number of rotatable bonds is 3. The summed E-state index contributed by atoms with van der Waals surface area (Å²) in [6.07, 6.45) is 2.63. The summed E-state index contributed by atoms with van der Waals surface area (Å²) in [7, 11) is 1.59. The third-order valence-corrected chi connectivity index (χ3v) is 2.48. The van der Waals surface area contributed by atoms with Gasteiger partial charge in [-0.25, -0.2) is 4.79 Å². The molecule has 1 N–H and O–H groups in total.